The molecule has 0 aromatic heterocycles. The Hall–Kier alpha value is 0. The van der Waals surface area contributed by atoms with Gasteiger partial charge in [0.05, 0.1) is 0 Å². The lowest BCUT2D eigenvalue weighted by Crippen LogP contribution is -2.15. The highest BCUT2D eigenvalue weighted by Gasteiger charge is 2.19. The van der Waals surface area contributed by atoms with Crippen molar-refractivity contribution in [2.75, 3.05) is 0 Å². The van der Waals surface area contributed by atoms with Crippen molar-refractivity contribution < 1.29 is 0 Å². The van der Waals surface area contributed by atoms with Crippen molar-refractivity contribution in [2.45, 2.75) is 104 Å². The lowest BCUT2D eigenvalue weighted by molar-refractivity contribution is 0.247. The fourth-order valence-electron chi connectivity index (χ4n) is 3.54. The first-order valence-electron chi connectivity index (χ1n) is 8.84. The van der Waals surface area contributed by atoms with E-state index in [9.17, 15) is 0 Å². The lowest BCUT2D eigenvalue weighted by atomic mass is 9.79. The highest BCUT2D eigenvalue weighted by atomic mass is 14.2. The maximum absolute atomic E-state index is 2.51. The van der Waals surface area contributed by atoms with Gasteiger partial charge in [-0.05, 0) is 11.8 Å². The normalized spacial score (nSPS) is 19.0. The van der Waals surface area contributed by atoms with Gasteiger partial charge in [0.1, 0.15) is 0 Å². The summed E-state index contributed by atoms with van der Waals surface area (Å²) < 4.78 is 0. The monoisotopic (exact) mass is 252 g/mol. The molecule has 0 aliphatic heterocycles. The van der Waals surface area contributed by atoms with Gasteiger partial charge in [-0.25, -0.2) is 0 Å². The van der Waals surface area contributed by atoms with Gasteiger partial charge in [-0.2, -0.15) is 0 Å². The van der Waals surface area contributed by atoms with Crippen LogP contribution in [0.4, 0.5) is 0 Å². The van der Waals surface area contributed by atoms with E-state index in [-0.39, 0.29) is 0 Å². The summed E-state index contributed by atoms with van der Waals surface area (Å²) in [6.07, 6.45) is 20.8. The van der Waals surface area contributed by atoms with Crippen LogP contribution in [-0.4, -0.2) is 0 Å². The van der Waals surface area contributed by atoms with Crippen molar-refractivity contribution in [1.82, 2.24) is 0 Å². The molecular formula is C18H36. The molecule has 1 aliphatic rings. The van der Waals surface area contributed by atoms with Crippen molar-refractivity contribution in [2.24, 2.45) is 11.8 Å². The third kappa shape index (κ3) is 7.44. The summed E-state index contributed by atoms with van der Waals surface area (Å²) in [6, 6.07) is 0. The zero-order valence-corrected chi connectivity index (χ0v) is 13.1. The molecule has 108 valence electrons. The summed E-state index contributed by atoms with van der Waals surface area (Å²) >= 11 is 0. The molecule has 0 aromatic carbocycles. The molecule has 0 bridgehead atoms. The van der Waals surface area contributed by atoms with Crippen molar-refractivity contribution in [3.8, 4) is 0 Å². The molecule has 0 N–H and O–H groups in total. The molecule has 1 atom stereocenters. The standard InChI is InChI=1S/C18H36/c1-3-4-5-6-7-8-9-11-14-17(2)18-15-12-10-13-16-18/h17-18H,3-16H2,1-2H3/t17-/m0/s1. The summed E-state index contributed by atoms with van der Waals surface area (Å²) in [6.45, 7) is 4.81. The molecule has 0 heterocycles. The molecule has 0 unspecified atom stereocenters. The Balaban J connectivity index is 1.87. The molecule has 0 saturated heterocycles. The molecule has 0 radical (unpaired) electrons. The number of unbranched alkanes of at least 4 members (excludes halogenated alkanes) is 7. The summed E-state index contributed by atoms with van der Waals surface area (Å²) in [5.74, 6) is 2.08. The van der Waals surface area contributed by atoms with E-state index in [0.717, 1.165) is 11.8 Å². The van der Waals surface area contributed by atoms with E-state index in [1.54, 1.807) is 0 Å². The molecule has 0 spiro atoms. The van der Waals surface area contributed by atoms with Crippen LogP contribution in [0, 0.1) is 11.8 Å². The fraction of sp³-hybridized carbons (Fsp3) is 1.00. The van der Waals surface area contributed by atoms with Gasteiger partial charge >= 0.3 is 0 Å². The van der Waals surface area contributed by atoms with Crippen molar-refractivity contribution in [3.05, 3.63) is 0 Å². The summed E-state index contributed by atoms with van der Waals surface area (Å²) in [7, 11) is 0. The molecule has 1 fully saturated rings. The van der Waals surface area contributed by atoms with E-state index in [1.807, 2.05) is 0 Å². The number of hydrogen-bond donors (Lipinski definition) is 0. The Morgan fingerprint density at radius 1 is 0.778 bits per heavy atom. The minimum absolute atomic E-state index is 1.00. The van der Waals surface area contributed by atoms with E-state index in [2.05, 4.69) is 13.8 Å². The van der Waals surface area contributed by atoms with Gasteiger partial charge < -0.3 is 0 Å². The first kappa shape index (κ1) is 16.1. The van der Waals surface area contributed by atoms with Gasteiger partial charge in [-0.3, -0.25) is 0 Å². The van der Waals surface area contributed by atoms with Crippen molar-refractivity contribution in [1.29, 1.82) is 0 Å². The molecule has 0 heteroatoms. The summed E-state index contributed by atoms with van der Waals surface area (Å²) in [4.78, 5) is 0. The molecule has 1 aliphatic carbocycles. The molecule has 1 rings (SSSR count). The Morgan fingerprint density at radius 2 is 1.33 bits per heavy atom. The second-order valence-corrected chi connectivity index (χ2v) is 6.64. The van der Waals surface area contributed by atoms with Crippen LogP contribution < -0.4 is 0 Å². The molecular weight excluding hydrogens is 216 g/mol. The minimum Gasteiger partial charge on any atom is -0.0654 e. The van der Waals surface area contributed by atoms with Crippen molar-refractivity contribution >= 4 is 0 Å². The first-order valence-corrected chi connectivity index (χ1v) is 8.84. The molecule has 18 heavy (non-hydrogen) atoms. The van der Waals surface area contributed by atoms with Crippen LogP contribution in [-0.2, 0) is 0 Å². The molecule has 0 aromatic rings. The van der Waals surface area contributed by atoms with Gasteiger partial charge in [0.15, 0.2) is 0 Å². The van der Waals surface area contributed by atoms with Gasteiger partial charge in [0, 0.05) is 0 Å². The maximum Gasteiger partial charge on any atom is -0.0388 e. The zero-order valence-electron chi connectivity index (χ0n) is 13.1. The average molecular weight is 252 g/mol. The molecule has 1 saturated carbocycles. The Morgan fingerprint density at radius 3 is 1.94 bits per heavy atom. The molecule has 0 amide bonds. The van der Waals surface area contributed by atoms with Crippen LogP contribution in [0.2, 0.25) is 0 Å². The SMILES string of the molecule is CCCCCCCCCC[C@H](C)C1CCCCC1. The fourth-order valence-corrected chi connectivity index (χ4v) is 3.54. The predicted molar refractivity (Wildman–Crippen MR) is 83.0 cm³/mol. The van der Waals surface area contributed by atoms with Gasteiger partial charge in [0.25, 0.3) is 0 Å². The number of rotatable bonds is 10. The third-order valence-electron chi connectivity index (χ3n) is 4.97. The largest absolute Gasteiger partial charge is 0.0654 e. The summed E-state index contributed by atoms with van der Waals surface area (Å²) in [5.41, 5.74) is 0. The third-order valence-corrected chi connectivity index (χ3v) is 4.97. The van der Waals surface area contributed by atoms with Crippen molar-refractivity contribution in [3.63, 3.8) is 0 Å². The van der Waals surface area contributed by atoms with Crippen LogP contribution in [0.1, 0.15) is 104 Å². The van der Waals surface area contributed by atoms with Gasteiger partial charge in [0.2, 0.25) is 0 Å². The smallest absolute Gasteiger partial charge is 0.0388 e. The van der Waals surface area contributed by atoms with E-state index >= 15 is 0 Å². The molecule has 0 nitrogen and oxygen atoms in total. The Bertz CT molecular complexity index is 167. The minimum atomic E-state index is 1.00. The van der Waals surface area contributed by atoms with Crippen LogP contribution >= 0.6 is 0 Å². The van der Waals surface area contributed by atoms with E-state index in [4.69, 9.17) is 0 Å². The second kappa shape index (κ2) is 10.9. The Labute approximate surface area is 116 Å². The van der Waals surface area contributed by atoms with E-state index in [0.29, 0.717) is 0 Å². The predicted octanol–water partition coefficient (Wildman–Crippen LogP) is 6.73. The topological polar surface area (TPSA) is 0 Å². The quantitative estimate of drug-likeness (QED) is 0.378. The van der Waals surface area contributed by atoms with E-state index in [1.165, 1.54) is 89.9 Å². The van der Waals surface area contributed by atoms with Crippen LogP contribution in [0.5, 0.6) is 0 Å². The maximum atomic E-state index is 2.51. The number of hydrogen-bond acceptors (Lipinski definition) is 0. The van der Waals surface area contributed by atoms with E-state index < -0.39 is 0 Å². The van der Waals surface area contributed by atoms with Gasteiger partial charge in [-0.15, -0.1) is 0 Å². The van der Waals surface area contributed by atoms with Crippen LogP contribution in [0.15, 0.2) is 0 Å². The van der Waals surface area contributed by atoms with Gasteiger partial charge in [-0.1, -0.05) is 104 Å². The average Bonchev–Trinajstić information content (AvgIpc) is 2.42. The van der Waals surface area contributed by atoms with Crippen LogP contribution in [0.25, 0.3) is 0 Å². The highest BCUT2D eigenvalue weighted by molar-refractivity contribution is 4.71. The van der Waals surface area contributed by atoms with Crippen LogP contribution in [0.3, 0.4) is 0 Å². The lowest BCUT2D eigenvalue weighted by Gasteiger charge is -2.27. The highest BCUT2D eigenvalue weighted by Crippen LogP contribution is 2.32. The summed E-state index contributed by atoms with van der Waals surface area (Å²) in [5, 5.41) is 0. The first-order chi connectivity index (χ1) is 8.84. The second-order valence-electron chi connectivity index (χ2n) is 6.64. The Kier molecular flexibility index (Phi) is 9.70. The zero-order chi connectivity index (χ0) is 13.1.